The summed E-state index contributed by atoms with van der Waals surface area (Å²) < 4.78 is 0. The van der Waals surface area contributed by atoms with Gasteiger partial charge in [0.1, 0.15) is 5.69 Å². The summed E-state index contributed by atoms with van der Waals surface area (Å²) in [5, 5.41) is 10.9. The molecule has 0 saturated carbocycles. The Kier molecular flexibility index (Phi) is 5.30. The number of nitro groups is 1. The highest BCUT2D eigenvalue weighted by Gasteiger charge is 2.20. The highest BCUT2D eigenvalue weighted by molar-refractivity contribution is 5.89. The summed E-state index contributed by atoms with van der Waals surface area (Å²) in [6, 6.07) is 7.51. The van der Waals surface area contributed by atoms with Gasteiger partial charge in [-0.2, -0.15) is 0 Å². The summed E-state index contributed by atoms with van der Waals surface area (Å²) in [6.07, 6.45) is 3.56. The maximum absolute atomic E-state index is 10.9. The molecule has 0 fully saturated rings. The third-order valence-electron chi connectivity index (χ3n) is 4.67. The molecule has 28 heavy (non-hydrogen) atoms. The van der Waals surface area contributed by atoms with Crippen LogP contribution in [-0.2, 0) is 13.1 Å². The number of rotatable bonds is 3. The van der Waals surface area contributed by atoms with E-state index >= 15 is 0 Å². The van der Waals surface area contributed by atoms with E-state index in [1.807, 2.05) is 37.3 Å². The second-order valence-electron chi connectivity index (χ2n) is 7.14. The van der Waals surface area contributed by atoms with E-state index in [1.54, 1.807) is 31.3 Å². The van der Waals surface area contributed by atoms with Crippen molar-refractivity contribution in [3.05, 3.63) is 56.6 Å². The summed E-state index contributed by atoms with van der Waals surface area (Å²) in [5.74, 6) is 0. The van der Waals surface area contributed by atoms with Gasteiger partial charge in [-0.05, 0) is 34.9 Å². The molecule has 0 aromatic heterocycles. The molecule has 0 atom stereocenters. The molecule has 2 heterocycles. The number of nitrogen functional groups attached to an aromatic ring is 1. The molecule has 0 unspecified atom stereocenters. The molecule has 8 nitrogen and oxygen atoms in total. The standard InChI is InChI=1S/C10H11N3O2.C10H13N3/c1-12(2)9-3-7-5-11-6-8(7)4-10(9)13(14)15;1-13(2)10-4-8-6-12-5-7(8)3-9(10)11/h3-4,6H,5H2,1-2H3;3-5H,6,11H2,1-2H3. The van der Waals surface area contributed by atoms with Gasteiger partial charge in [-0.15, -0.1) is 0 Å². The number of nitro benzene ring substituents is 1. The number of fused-ring (bicyclic) bond motifs is 2. The van der Waals surface area contributed by atoms with Crippen LogP contribution in [0.2, 0.25) is 0 Å². The lowest BCUT2D eigenvalue weighted by molar-refractivity contribution is -0.384. The van der Waals surface area contributed by atoms with E-state index in [4.69, 9.17) is 5.73 Å². The number of aliphatic imine (C=N–C) groups is 2. The fourth-order valence-electron chi connectivity index (χ4n) is 3.19. The molecule has 2 aromatic carbocycles. The Hall–Kier alpha value is -3.42. The average molecular weight is 380 g/mol. The normalized spacial score (nSPS) is 12.9. The van der Waals surface area contributed by atoms with E-state index in [1.165, 1.54) is 5.56 Å². The van der Waals surface area contributed by atoms with Gasteiger partial charge in [0.2, 0.25) is 0 Å². The Morgan fingerprint density at radius 1 is 0.893 bits per heavy atom. The van der Waals surface area contributed by atoms with Crippen LogP contribution in [0.4, 0.5) is 22.7 Å². The largest absolute Gasteiger partial charge is 0.397 e. The van der Waals surface area contributed by atoms with Gasteiger partial charge in [-0.1, -0.05) is 0 Å². The summed E-state index contributed by atoms with van der Waals surface area (Å²) in [6.45, 7) is 1.41. The van der Waals surface area contributed by atoms with Crippen LogP contribution in [0.15, 0.2) is 34.3 Å². The Morgan fingerprint density at radius 3 is 1.89 bits per heavy atom. The monoisotopic (exact) mass is 380 g/mol. The van der Waals surface area contributed by atoms with Gasteiger partial charge in [-0.3, -0.25) is 20.1 Å². The van der Waals surface area contributed by atoms with Crippen LogP contribution >= 0.6 is 0 Å². The van der Waals surface area contributed by atoms with Gasteiger partial charge in [0.05, 0.1) is 29.4 Å². The van der Waals surface area contributed by atoms with E-state index in [-0.39, 0.29) is 10.6 Å². The van der Waals surface area contributed by atoms with E-state index in [0.29, 0.717) is 12.2 Å². The summed E-state index contributed by atoms with van der Waals surface area (Å²) in [4.78, 5) is 22.5. The molecule has 0 radical (unpaired) electrons. The zero-order valence-corrected chi connectivity index (χ0v) is 16.5. The minimum absolute atomic E-state index is 0.132. The molecule has 8 heteroatoms. The Morgan fingerprint density at radius 2 is 1.39 bits per heavy atom. The molecule has 2 aromatic rings. The maximum atomic E-state index is 10.9. The quantitative estimate of drug-likeness (QED) is 0.501. The number of anilines is 3. The highest BCUT2D eigenvalue weighted by atomic mass is 16.6. The molecule has 146 valence electrons. The van der Waals surface area contributed by atoms with Crippen molar-refractivity contribution in [2.75, 3.05) is 43.7 Å². The number of hydrogen-bond donors (Lipinski definition) is 1. The Bertz CT molecular complexity index is 979. The fourth-order valence-corrected chi connectivity index (χ4v) is 3.19. The van der Waals surface area contributed by atoms with Crippen molar-refractivity contribution in [2.24, 2.45) is 9.98 Å². The predicted molar refractivity (Wildman–Crippen MR) is 115 cm³/mol. The number of nitrogens with two attached hydrogens (primary N) is 1. The van der Waals surface area contributed by atoms with Crippen molar-refractivity contribution in [3.63, 3.8) is 0 Å². The lowest BCUT2D eigenvalue weighted by Gasteiger charge is -2.16. The maximum Gasteiger partial charge on any atom is 0.293 e. The van der Waals surface area contributed by atoms with Crippen LogP contribution in [0.3, 0.4) is 0 Å². The average Bonchev–Trinajstić information content (AvgIpc) is 3.28. The van der Waals surface area contributed by atoms with Crippen LogP contribution in [-0.4, -0.2) is 45.5 Å². The van der Waals surface area contributed by atoms with Crippen molar-refractivity contribution in [3.8, 4) is 0 Å². The molecule has 0 bridgehead atoms. The van der Waals surface area contributed by atoms with Crippen molar-refractivity contribution in [1.29, 1.82) is 0 Å². The fraction of sp³-hybridized carbons (Fsp3) is 0.300. The van der Waals surface area contributed by atoms with Crippen molar-refractivity contribution < 1.29 is 4.92 Å². The second-order valence-corrected chi connectivity index (χ2v) is 7.14. The first-order valence-corrected chi connectivity index (χ1v) is 8.86. The van der Waals surface area contributed by atoms with E-state index in [0.717, 1.165) is 34.6 Å². The molecular formula is C20H24N6O2. The SMILES string of the molecule is CN(C)c1cc2c(cc1N)C=NC2.CN(C)c1cc2c(cc1[N+](=O)[O-])C=NC2. The third kappa shape index (κ3) is 3.80. The van der Waals surface area contributed by atoms with Crippen LogP contribution in [0, 0.1) is 10.1 Å². The van der Waals surface area contributed by atoms with Crippen LogP contribution in [0.5, 0.6) is 0 Å². The number of benzene rings is 2. The molecule has 2 aliphatic rings. The topological polar surface area (TPSA) is 100 Å². The van der Waals surface area contributed by atoms with Gasteiger partial charge < -0.3 is 15.5 Å². The minimum atomic E-state index is -0.359. The molecule has 2 aliphatic heterocycles. The number of hydrogen-bond acceptors (Lipinski definition) is 7. The summed E-state index contributed by atoms with van der Waals surface area (Å²) >= 11 is 0. The van der Waals surface area contributed by atoms with Crippen LogP contribution < -0.4 is 15.5 Å². The lowest BCUT2D eigenvalue weighted by Crippen LogP contribution is -2.11. The third-order valence-corrected chi connectivity index (χ3v) is 4.67. The molecule has 0 aliphatic carbocycles. The molecule has 0 spiro atoms. The second kappa shape index (κ2) is 7.67. The predicted octanol–water partition coefficient (Wildman–Crippen LogP) is 2.86. The first-order valence-electron chi connectivity index (χ1n) is 8.86. The van der Waals surface area contributed by atoms with Gasteiger partial charge in [0.25, 0.3) is 5.69 Å². The zero-order chi connectivity index (χ0) is 20.4. The lowest BCUT2D eigenvalue weighted by atomic mass is 10.1. The first kappa shape index (κ1) is 19.3. The summed E-state index contributed by atoms with van der Waals surface area (Å²) in [7, 11) is 7.58. The van der Waals surface area contributed by atoms with Gasteiger partial charge in [-0.25, -0.2) is 0 Å². The Labute approximate surface area is 164 Å². The van der Waals surface area contributed by atoms with E-state index < -0.39 is 0 Å². The minimum Gasteiger partial charge on any atom is -0.397 e. The van der Waals surface area contributed by atoms with Crippen molar-refractivity contribution in [1.82, 2.24) is 0 Å². The van der Waals surface area contributed by atoms with Gasteiger partial charge in [0.15, 0.2) is 0 Å². The highest BCUT2D eigenvalue weighted by Crippen LogP contribution is 2.31. The van der Waals surface area contributed by atoms with E-state index in [2.05, 4.69) is 16.1 Å². The summed E-state index contributed by atoms with van der Waals surface area (Å²) in [5.41, 5.74) is 12.9. The number of nitrogens with zero attached hydrogens (tertiary/aromatic N) is 5. The van der Waals surface area contributed by atoms with Crippen LogP contribution in [0.25, 0.3) is 0 Å². The van der Waals surface area contributed by atoms with Gasteiger partial charge >= 0.3 is 0 Å². The molecular weight excluding hydrogens is 356 g/mol. The molecule has 0 saturated heterocycles. The Balaban J connectivity index is 0.000000162. The molecule has 2 N–H and O–H groups in total. The van der Waals surface area contributed by atoms with E-state index in [9.17, 15) is 10.1 Å². The van der Waals surface area contributed by atoms with Crippen molar-refractivity contribution in [2.45, 2.75) is 13.1 Å². The molecule has 4 rings (SSSR count). The smallest absolute Gasteiger partial charge is 0.293 e. The first-order chi connectivity index (χ1) is 13.3. The molecule has 0 amide bonds. The van der Waals surface area contributed by atoms with Crippen molar-refractivity contribution >= 4 is 35.2 Å². The zero-order valence-electron chi connectivity index (χ0n) is 16.5. The van der Waals surface area contributed by atoms with Gasteiger partial charge in [0, 0.05) is 52.2 Å². The van der Waals surface area contributed by atoms with Crippen LogP contribution in [0.1, 0.15) is 22.3 Å².